The van der Waals surface area contributed by atoms with Gasteiger partial charge in [-0.25, -0.2) is 4.72 Å². The molecule has 3 atom stereocenters. The van der Waals surface area contributed by atoms with Crippen LogP contribution in [-0.2, 0) is 14.9 Å². The van der Waals surface area contributed by atoms with Crippen LogP contribution in [0.1, 0.15) is 26.7 Å². The molecule has 0 saturated carbocycles. The van der Waals surface area contributed by atoms with Crippen LogP contribution >= 0.6 is 12.4 Å². The van der Waals surface area contributed by atoms with E-state index in [0.29, 0.717) is 19.6 Å². The first kappa shape index (κ1) is 17.1. The van der Waals surface area contributed by atoms with Gasteiger partial charge >= 0.3 is 0 Å². The lowest BCUT2D eigenvalue weighted by Crippen LogP contribution is -2.53. The average Bonchev–Trinajstić information content (AvgIpc) is 2.78. The highest BCUT2D eigenvalue weighted by atomic mass is 35.5. The van der Waals surface area contributed by atoms with Gasteiger partial charge in [0.1, 0.15) is 0 Å². The minimum absolute atomic E-state index is 0. The fourth-order valence-electron chi connectivity index (χ4n) is 2.56. The molecule has 0 amide bonds. The van der Waals surface area contributed by atoms with Gasteiger partial charge in [-0.1, -0.05) is 0 Å². The van der Waals surface area contributed by atoms with Crippen LogP contribution < -0.4 is 10.0 Å². The quantitative estimate of drug-likeness (QED) is 0.772. The van der Waals surface area contributed by atoms with Crippen LogP contribution in [0, 0.1) is 0 Å². The summed E-state index contributed by atoms with van der Waals surface area (Å²) >= 11 is 0. The van der Waals surface area contributed by atoms with Gasteiger partial charge in [0, 0.05) is 25.7 Å². The van der Waals surface area contributed by atoms with E-state index >= 15 is 0 Å². The summed E-state index contributed by atoms with van der Waals surface area (Å²) in [5, 5.41) is 3.28. The summed E-state index contributed by atoms with van der Waals surface area (Å²) in [6.07, 6.45) is 2.07. The summed E-state index contributed by atoms with van der Waals surface area (Å²) in [4.78, 5) is 0. The molecular formula is C11H24ClN3O3S. The van der Waals surface area contributed by atoms with Gasteiger partial charge in [0.2, 0.25) is 0 Å². The smallest absolute Gasteiger partial charge is 0.279 e. The van der Waals surface area contributed by atoms with E-state index in [0.717, 1.165) is 19.4 Å². The summed E-state index contributed by atoms with van der Waals surface area (Å²) in [7, 11) is -3.37. The Labute approximate surface area is 121 Å². The third-order valence-corrected chi connectivity index (χ3v) is 4.91. The van der Waals surface area contributed by atoms with E-state index in [4.69, 9.17) is 4.74 Å². The van der Waals surface area contributed by atoms with Crippen LogP contribution in [0.5, 0.6) is 0 Å². The molecule has 3 unspecified atom stereocenters. The summed E-state index contributed by atoms with van der Waals surface area (Å²) in [6, 6.07) is 0.274. The minimum Gasteiger partial charge on any atom is -0.373 e. The van der Waals surface area contributed by atoms with Crippen molar-refractivity contribution >= 4 is 22.6 Å². The van der Waals surface area contributed by atoms with E-state index in [2.05, 4.69) is 10.0 Å². The molecule has 2 saturated heterocycles. The Morgan fingerprint density at radius 1 is 1.32 bits per heavy atom. The van der Waals surface area contributed by atoms with Crippen molar-refractivity contribution < 1.29 is 13.2 Å². The Balaban J connectivity index is 0.00000180. The molecule has 2 aliphatic rings. The van der Waals surface area contributed by atoms with E-state index in [1.54, 1.807) is 0 Å². The van der Waals surface area contributed by atoms with Crippen molar-refractivity contribution in [3.63, 3.8) is 0 Å². The van der Waals surface area contributed by atoms with Gasteiger partial charge in [-0.2, -0.15) is 12.7 Å². The zero-order valence-electron chi connectivity index (χ0n) is 11.5. The second-order valence-electron chi connectivity index (χ2n) is 5.22. The van der Waals surface area contributed by atoms with Crippen LogP contribution in [0.2, 0.25) is 0 Å². The molecule has 2 N–H and O–H groups in total. The van der Waals surface area contributed by atoms with Crippen molar-refractivity contribution in [2.24, 2.45) is 0 Å². The molecule has 2 heterocycles. The number of hydrogen-bond donors (Lipinski definition) is 2. The highest BCUT2D eigenvalue weighted by molar-refractivity contribution is 7.87. The maximum Gasteiger partial charge on any atom is 0.279 e. The number of hydrogen-bond acceptors (Lipinski definition) is 4. The lowest BCUT2D eigenvalue weighted by molar-refractivity contribution is -0.0443. The van der Waals surface area contributed by atoms with Crippen LogP contribution in [0.4, 0.5) is 0 Å². The Hall–Kier alpha value is 0.0800. The van der Waals surface area contributed by atoms with Gasteiger partial charge in [0.05, 0.1) is 12.2 Å². The van der Waals surface area contributed by atoms with Crippen molar-refractivity contribution in [3.05, 3.63) is 0 Å². The van der Waals surface area contributed by atoms with Gasteiger partial charge in [0.15, 0.2) is 0 Å². The third-order valence-electron chi connectivity index (χ3n) is 3.40. The standard InChI is InChI=1S/C11H23N3O3S.ClH/c1-9-7-14(8-10(2)17-9)18(15,16)13-6-11-4-3-5-12-11;/h9-13H,3-8H2,1-2H3;1H. The Kier molecular flexibility index (Phi) is 6.49. The maximum atomic E-state index is 12.2. The predicted molar refractivity (Wildman–Crippen MR) is 76.8 cm³/mol. The summed E-state index contributed by atoms with van der Waals surface area (Å²) < 4.78 is 34.1. The topological polar surface area (TPSA) is 70.7 Å². The molecule has 19 heavy (non-hydrogen) atoms. The fraction of sp³-hybridized carbons (Fsp3) is 1.00. The van der Waals surface area contributed by atoms with Crippen molar-refractivity contribution in [2.75, 3.05) is 26.2 Å². The molecule has 0 radical (unpaired) electrons. The van der Waals surface area contributed by atoms with Gasteiger partial charge < -0.3 is 10.1 Å². The van der Waals surface area contributed by atoms with Crippen molar-refractivity contribution in [1.82, 2.24) is 14.3 Å². The molecular weight excluding hydrogens is 290 g/mol. The monoisotopic (exact) mass is 313 g/mol. The normalized spacial score (nSPS) is 33.1. The lowest BCUT2D eigenvalue weighted by atomic mass is 10.2. The number of rotatable bonds is 4. The molecule has 2 rings (SSSR count). The maximum absolute atomic E-state index is 12.2. The largest absolute Gasteiger partial charge is 0.373 e. The number of halogens is 1. The predicted octanol–water partition coefficient (Wildman–Crippen LogP) is 0.104. The van der Waals surface area contributed by atoms with Crippen LogP contribution in [0.25, 0.3) is 0 Å². The van der Waals surface area contributed by atoms with Crippen LogP contribution in [0.15, 0.2) is 0 Å². The molecule has 0 bridgehead atoms. The molecule has 2 fully saturated rings. The van der Waals surface area contributed by atoms with E-state index < -0.39 is 10.2 Å². The molecule has 0 aromatic heterocycles. The Bertz CT molecular complexity index is 363. The van der Waals surface area contributed by atoms with Gasteiger partial charge in [-0.3, -0.25) is 0 Å². The molecule has 0 aromatic rings. The SMILES string of the molecule is CC1CN(S(=O)(=O)NCC2CCCN2)CC(C)O1.Cl. The Morgan fingerprint density at radius 2 is 1.95 bits per heavy atom. The number of ether oxygens (including phenoxy) is 1. The first-order valence-electron chi connectivity index (χ1n) is 6.61. The number of nitrogens with zero attached hydrogens (tertiary/aromatic N) is 1. The van der Waals surface area contributed by atoms with Gasteiger partial charge in [0.25, 0.3) is 10.2 Å². The molecule has 6 nitrogen and oxygen atoms in total. The minimum atomic E-state index is -3.37. The van der Waals surface area contributed by atoms with E-state index in [-0.39, 0.29) is 30.7 Å². The highest BCUT2D eigenvalue weighted by Crippen LogP contribution is 2.13. The van der Waals surface area contributed by atoms with Crippen molar-refractivity contribution in [2.45, 2.75) is 44.9 Å². The molecule has 8 heteroatoms. The van der Waals surface area contributed by atoms with E-state index in [1.807, 2.05) is 13.8 Å². The highest BCUT2D eigenvalue weighted by Gasteiger charge is 2.31. The fourth-order valence-corrected chi connectivity index (χ4v) is 3.96. The van der Waals surface area contributed by atoms with Crippen molar-refractivity contribution in [1.29, 1.82) is 0 Å². The molecule has 0 spiro atoms. The molecule has 0 aliphatic carbocycles. The second-order valence-corrected chi connectivity index (χ2v) is 6.98. The zero-order valence-corrected chi connectivity index (χ0v) is 13.1. The lowest BCUT2D eigenvalue weighted by Gasteiger charge is -2.34. The number of nitrogens with one attached hydrogen (secondary N) is 2. The third kappa shape index (κ3) is 4.84. The summed E-state index contributed by atoms with van der Waals surface area (Å²) in [6.45, 7) is 6.11. The molecule has 114 valence electrons. The van der Waals surface area contributed by atoms with Crippen LogP contribution in [0.3, 0.4) is 0 Å². The van der Waals surface area contributed by atoms with Gasteiger partial charge in [-0.05, 0) is 33.2 Å². The van der Waals surface area contributed by atoms with Crippen molar-refractivity contribution in [3.8, 4) is 0 Å². The van der Waals surface area contributed by atoms with E-state index in [9.17, 15) is 8.42 Å². The van der Waals surface area contributed by atoms with Gasteiger partial charge in [-0.15, -0.1) is 12.4 Å². The number of morpholine rings is 1. The van der Waals surface area contributed by atoms with E-state index in [1.165, 1.54) is 4.31 Å². The molecule has 0 aromatic carbocycles. The average molecular weight is 314 g/mol. The zero-order chi connectivity index (χ0) is 13.2. The molecule has 2 aliphatic heterocycles. The summed E-state index contributed by atoms with van der Waals surface area (Å²) in [5.41, 5.74) is 0. The first-order valence-corrected chi connectivity index (χ1v) is 8.05. The first-order chi connectivity index (χ1) is 8.47. The Morgan fingerprint density at radius 3 is 2.47 bits per heavy atom. The van der Waals surface area contributed by atoms with Crippen LogP contribution in [-0.4, -0.2) is 57.2 Å². The summed E-state index contributed by atoms with van der Waals surface area (Å²) in [5.74, 6) is 0. The second kappa shape index (κ2) is 7.19.